The molecule has 1 aromatic rings. The van der Waals surface area contributed by atoms with Crippen LogP contribution in [0.3, 0.4) is 0 Å². The molecule has 2 fully saturated rings. The molecule has 4 nitrogen and oxygen atoms in total. The maximum atomic E-state index is 11.8. The molecule has 1 saturated carbocycles. The number of urea groups is 1. The molecule has 1 aliphatic carbocycles. The second-order valence-corrected chi connectivity index (χ2v) is 5.58. The summed E-state index contributed by atoms with van der Waals surface area (Å²) in [5.41, 5.74) is 0.839. The third-order valence-corrected chi connectivity index (χ3v) is 3.96. The van der Waals surface area contributed by atoms with E-state index in [2.05, 4.69) is 15.5 Å². The predicted molar refractivity (Wildman–Crippen MR) is 76.2 cm³/mol. The maximum Gasteiger partial charge on any atom is 0.319 e. The first-order valence-corrected chi connectivity index (χ1v) is 7.15. The highest BCUT2D eigenvalue weighted by Gasteiger charge is 2.34. The molecule has 2 amide bonds. The molecule has 1 aliphatic heterocycles. The van der Waals surface area contributed by atoms with Gasteiger partial charge in [-0.3, -0.25) is 0 Å². The molecule has 1 aromatic carbocycles. The molecule has 1 heterocycles. The number of nitrogens with one attached hydrogen (secondary N) is 2. The molecule has 19 heavy (non-hydrogen) atoms. The monoisotopic (exact) mass is 259 g/mol. The minimum absolute atomic E-state index is 0.101. The number of nitrogens with zero attached hydrogens (tertiary/aromatic N) is 1. The van der Waals surface area contributed by atoms with Gasteiger partial charge in [0, 0.05) is 24.8 Å². The third kappa shape index (κ3) is 3.47. The van der Waals surface area contributed by atoms with E-state index in [-0.39, 0.29) is 6.03 Å². The second kappa shape index (κ2) is 5.61. The van der Waals surface area contributed by atoms with E-state index in [1.807, 2.05) is 30.3 Å². The van der Waals surface area contributed by atoms with Crippen LogP contribution in [-0.4, -0.2) is 36.6 Å². The summed E-state index contributed by atoms with van der Waals surface area (Å²) >= 11 is 0. The molecule has 1 atom stereocenters. The van der Waals surface area contributed by atoms with Gasteiger partial charge in [0.1, 0.15) is 0 Å². The van der Waals surface area contributed by atoms with Crippen molar-refractivity contribution in [3.05, 3.63) is 30.3 Å². The van der Waals surface area contributed by atoms with E-state index in [1.54, 1.807) is 0 Å². The first-order valence-electron chi connectivity index (χ1n) is 7.15. The van der Waals surface area contributed by atoms with Crippen molar-refractivity contribution < 1.29 is 4.79 Å². The summed E-state index contributed by atoms with van der Waals surface area (Å²) in [6.45, 7) is 3.13. The van der Waals surface area contributed by atoms with Crippen molar-refractivity contribution in [3.8, 4) is 0 Å². The molecule has 2 N–H and O–H groups in total. The Bertz CT molecular complexity index is 430. The van der Waals surface area contributed by atoms with Crippen LogP contribution in [0.2, 0.25) is 0 Å². The average Bonchev–Trinajstić information content (AvgIpc) is 3.17. The third-order valence-electron chi connectivity index (χ3n) is 3.96. The Morgan fingerprint density at radius 2 is 2.00 bits per heavy atom. The number of carbonyl (C=O) groups is 1. The minimum atomic E-state index is -0.101. The van der Waals surface area contributed by atoms with Crippen LogP contribution >= 0.6 is 0 Å². The molecular weight excluding hydrogens is 238 g/mol. The molecule has 0 aromatic heterocycles. The molecule has 1 saturated heterocycles. The standard InChI is InChI=1S/C15H21N3O/c19-15(17-13-4-2-1-3-5-13)16-10-12-8-9-18(11-12)14-6-7-14/h1-5,12,14H,6-11H2,(H2,16,17,19). The van der Waals surface area contributed by atoms with Gasteiger partial charge in [-0.25, -0.2) is 4.79 Å². The lowest BCUT2D eigenvalue weighted by atomic mass is 10.1. The first-order chi connectivity index (χ1) is 9.31. The molecule has 3 rings (SSSR count). The summed E-state index contributed by atoms with van der Waals surface area (Å²) in [4.78, 5) is 14.3. The van der Waals surface area contributed by atoms with Gasteiger partial charge in [-0.05, 0) is 43.9 Å². The predicted octanol–water partition coefficient (Wildman–Crippen LogP) is 2.29. The van der Waals surface area contributed by atoms with Crippen LogP contribution in [-0.2, 0) is 0 Å². The Balaban J connectivity index is 1.39. The van der Waals surface area contributed by atoms with Gasteiger partial charge in [-0.2, -0.15) is 0 Å². The molecule has 0 bridgehead atoms. The fourth-order valence-corrected chi connectivity index (χ4v) is 2.73. The van der Waals surface area contributed by atoms with Crippen molar-refractivity contribution in [1.29, 1.82) is 0 Å². The summed E-state index contributed by atoms with van der Waals surface area (Å²) in [5.74, 6) is 0.613. The summed E-state index contributed by atoms with van der Waals surface area (Å²) in [7, 11) is 0. The molecule has 0 spiro atoms. The normalized spacial score (nSPS) is 23.3. The zero-order valence-electron chi connectivity index (χ0n) is 11.1. The number of hydrogen-bond donors (Lipinski definition) is 2. The van der Waals surface area contributed by atoms with Crippen molar-refractivity contribution in [2.75, 3.05) is 25.0 Å². The Morgan fingerprint density at radius 1 is 1.21 bits per heavy atom. The SMILES string of the molecule is O=C(NCC1CCN(C2CC2)C1)Nc1ccccc1. The molecule has 0 radical (unpaired) electrons. The van der Waals surface area contributed by atoms with E-state index in [0.29, 0.717) is 5.92 Å². The fraction of sp³-hybridized carbons (Fsp3) is 0.533. The quantitative estimate of drug-likeness (QED) is 0.871. The second-order valence-electron chi connectivity index (χ2n) is 5.58. The molecule has 4 heteroatoms. The number of benzene rings is 1. The van der Waals surface area contributed by atoms with Crippen LogP contribution in [0.15, 0.2) is 30.3 Å². The van der Waals surface area contributed by atoms with E-state index in [0.717, 1.165) is 24.8 Å². The maximum absolute atomic E-state index is 11.8. The molecule has 2 aliphatic rings. The highest BCUT2D eigenvalue weighted by Crippen LogP contribution is 2.31. The number of hydrogen-bond acceptors (Lipinski definition) is 2. The van der Waals surface area contributed by atoms with Crippen molar-refractivity contribution in [1.82, 2.24) is 10.2 Å². The Morgan fingerprint density at radius 3 is 2.74 bits per heavy atom. The lowest BCUT2D eigenvalue weighted by molar-refractivity contribution is 0.249. The summed E-state index contributed by atoms with van der Waals surface area (Å²) in [6, 6.07) is 10.3. The van der Waals surface area contributed by atoms with Crippen LogP contribution < -0.4 is 10.6 Å². The number of carbonyl (C=O) groups excluding carboxylic acids is 1. The Hall–Kier alpha value is -1.55. The van der Waals surface area contributed by atoms with Gasteiger partial charge in [0.2, 0.25) is 0 Å². The van der Waals surface area contributed by atoms with E-state index in [9.17, 15) is 4.79 Å². The van der Waals surface area contributed by atoms with Crippen LogP contribution in [0.25, 0.3) is 0 Å². The molecular formula is C15H21N3O. The number of likely N-dealkylation sites (tertiary alicyclic amines) is 1. The van der Waals surface area contributed by atoms with Gasteiger partial charge >= 0.3 is 6.03 Å². The van der Waals surface area contributed by atoms with Crippen LogP contribution in [0, 0.1) is 5.92 Å². The van der Waals surface area contributed by atoms with E-state index in [4.69, 9.17) is 0 Å². The van der Waals surface area contributed by atoms with Gasteiger partial charge in [0.25, 0.3) is 0 Å². The van der Waals surface area contributed by atoms with Crippen molar-refractivity contribution in [2.45, 2.75) is 25.3 Å². The van der Waals surface area contributed by atoms with Crippen LogP contribution in [0.4, 0.5) is 10.5 Å². The fourth-order valence-electron chi connectivity index (χ4n) is 2.73. The lowest BCUT2D eigenvalue weighted by Gasteiger charge is -2.15. The number of amides is 2. The van der Waals surface area contributed by atoms with Gasteiger partial charge < -0.3 is 15.5 Å². The molecule has 1 unspecified atom stereocenters. The molecule has 102 valence electrons. The highest BCUT2D eigenvalue weighted by atomic mass is 16.2. The zero-order chi connectivity index (χ0) is 13.1. The van der Waals surface area contributed by atoms with Crippen molar-refractivity contribution >= 4 is 11.7 Å². The van der Waals surface area contributed by atoms with E-state index in [1.165, 1.54) is 25.8 Å². The number of anilines is 1. The Kier molecular flexibility index (Phi) is 3.69. The highest BCUT2D eigenvalue weighted by molar-refractivity contribution is 5.89. The van der Waals surface area contributed by atoms with E-state index >= 15 is 0 Å². The lowest BCUT2D eigenvalue weighted by Crippen LogP contribution is -2.34. The summed E-state index contributed by atoms with van der Waals surface area (Å²) in [5, 5.41) is 5.82. The smallest absolute Gasteiger partial charge is 0.319 e. The first kappa shape index (κ1) is 12.5. The largest absolute Gasteiger partial charge is 0.338 e. The van der Waals surface area contributed by atoms with Gasteiger partial charge in [0.05, 0.1) is 0 Å². The summed E-state index contributed by atoms with van der Waals surface area (Å²) < 4.78 is 0. The average molecular weight is 259 g/mol. The van der Waals surface area contributed by atoms with Gasteiger partial charge in [0.15, 0.2) is 0 Å². The number of para-hydroxylation sites is 1. The number of rotatable bonds is 4. The summed E-state index contributed by atoms with van der Waals surface area (Å²) in [6.07, 6.45) is 3.95. The van der Waals surface area contributed by atoms with Crippen LogP contribution in [0.1, 0.15) is 19.3 Å². The van der Waals surface area contributed by atoms with Crippen molar-refractivity contribution in [2.24, 2.45) is 5.92 Å². The van der Waals surface area contributed by atoms with Gasteiger partial charge in [-0.15, -0.1) is 0 Å². The van der Waals surface area contributed by atoms with Gasteiger partial charge in [-0.1, -0.05) is 18.2 Å². The Labute approximate surface area is 114 Å². The van der Waals surface area contributed by atoms with Crippen molar-refractivity contribution in [3.63, 3.8) is 0 Å². The topological polar surface area (TPSA) is 44.4 Å². The van der Waals surface area contributed by atoms with Crippen LogP contribution in [0.5, 0.6) is 0 Å². The minimum Gasteiger partial charge on any atom is -0.338 e. The zero-order valence-corrected chi connectivity index (χ0v) is 11.1. The van der Waals surface area contributed by atoms with E-state index < -0.39 is 0 Å².